The van der Waals surface area contributed by atoms with E-state index in [1.165, 1.54) is 18.4 Å². The smallest absolute Gasteiger partial charge is 0.306 e. The van der Waals surface area contributed by atoms with E-state index in [1.54, 1.807) is 0 Å². The number of hydrogen-bond acceptors (Lipinski definition) is 2. The zero-order valence-electron chi connectivity index (χ0n) is 12.9. The Hall–Kier alpha value is -1.31. The maximum atomic E-state index is 11.6. The number of benzene rings is 1. The van der Waals surface area contributed by atoms with Crippen LogP contribution in [0.25, 0.3) is 0 Å². The third-order valence-electron chi connectivity index (χ3n) is 4.27. The van der Waals surface area contributed by atoms with Gasteiger partial charge in [-0.1, -0.05) is 44.2 Å². The highest BCUT2D eigenvalue weighted by atomic mass is 16.5. The van der Waals surface area contributed by atoms with E-state index in [2.05, 4.69) is 44.2 Å². The lowest BCUT2D eigenvalue weighted by Crippen LogP contribution is -2.19. The van der Waals surface area contributed by atoms with Crippen molar-refractivity contribution in [3.63, 3.8) is 0 Å². The molecule has 1 saturated carbocycles. The minimum Gasteiger partial charge on any atom is -0.466 e. The third kappa shape index (κ3) is 4.36. The maximum Gasteiger partial charge on any atom is 0.306 e. The van der Waals surface area contributed by atoms with Crippen LogP contribution in [0.2, 0.25) is 0 Å². The molecule has 2 heteroatoms. The first kappa shape index (κ1) is 15.1. The van der Waals surface area contributed by atoms with Crippen LogP contribution in [0, 0.1) is 11.3 Å². The molecule has 2 nitrogen and oxygen atoms in total. The molecule has 1 aliphatic carbocycles. The molecule has 0 unspecified atom stereocenters. The van der Waals surface area contributed by atoms with Crippen molar-refractivity contribution < 1.29 is 9.53 Å². The van der Waals surface area contributed by atoms with Crippen LogP contribution in [0.3, 0.4) is 0 Å². The lowest BCUT2D eigenvalue weighted by atomic mass is 9.83. The summed E-state index contributed by atoms with van der Waals surface area (Å²) < 4.78 is 5.05. The fourth-order valence-corrected chi connectivity index (χ4v) is 2.94. The number of carbonyl (C=O) groups excluding carboxylic acids is 1. The van der Waals surface area contributed by atoms with E-state index in [1.807, 2.05) is 6.92 Å². The maximum absolute atomic E-state index is 11.6. The van der Waals surface area contributed by atoms with Crippen LogP contribution in [0.4, 0.5) is 0 Å². The van der Waals surface area contributed by atoms with E-state index in [9.17, 15) is 4.79 Å². The van der Waals surface area contributed by atoms with E-state index >= 15 is 0 Å². The molecule has 1 aromatic carbocycles. The molecule has 0 amide bonds. The highest BCUT2D eigenvalue weighted by Gasteiger charge is 2.38. The zero-order chi connectivity index (χ0) is 14.6. The van der Waals surface area contributed by atoms with E-state index in [-0.39, 0.29) is 11.4 Å². The second-order valence-electron chi connectivity index (χ2n) is 6.70. The van der Waals surface area contributed by atoms with E-state index in [0.717, 1.165) is 18.3 Å². The average Bonchev–Trinajstić information content (AvgIpc) is 3.17. The molecule has 1 aromatic rings. The fourth-order valence-electron chi connectivity index (χ4n) is 2.94. The third-order valence-corrected chi connectivity index (χ3v) is 4.27. The van der Waals surface area contributed by atoms with Crippen molar-refractivity contribution in [2.24, 2.45) is 11.3 Å². The predicted octanol–water partition coefficient (Wildman–Crippen LogP) is 4.55. The summed E-state index contributed by atoms with van der Waals surface area (Å²) in [4.78, 5) is 11.6. The van der Waals surface area contributed by atoms with Crippen molar-refractivity contribution in [1.29, 1.82) is 0 Å². The minimum absolute atomic E-state index is 0.0517. The van der Waals surface area contributed by atoms with Gasteiger partial charge in [0.1, 0.15) is 0 Å². The monoisotopic (exact) mass is 274 g/mol. The Morgan fingerprint density at radius 3 is 2.65 bits per heavy atom. The number of carbonyl (C=O) groups is 1. The van der Waals surface area contributed by atoms with Gasteiger partial charge in [-0.15, -0.1) is 0 Å². The number of ether oxygens (including phenoxy) is 1. The molecule has 0 bridgehead atoms. The molecule has 2 rings (SSSR count). The van der Waals surface area contributed by atoms with Gasteiger partial charge < -0.3 is 4.74 Å². The Morgan fingerprint density at radius 2 is 2.00 bits per heavy atom. The highest BCUT2D eigenvalue weighted by molar-refractivity contribution is 5.70. The van der Waals surface area contributed by atoms with Crippen molar-refractivity contribution in [1.82, 2.24) is 0 Å². The summed E-state index contributed by atoms with van der Waals surface area (Å²) in [6.07, 6.45) is 4.15. The quantitative estimate of drug-likeness (QED) is 0.682. The summed E-state index contributed by atoms with van der Waals surface area (Å²) in [6, 6.07) is 10.8. The lowest BCUT2D eigenvalue weighted by Gasteiger charge is -2.23. The van der Waals surface area contributed by atoms with Crippen LogP contribution in [0.5, 0.6) is 0 Å². The van der Waals surface area contributed by atoms with Gasteiger partial charge in [-0.3, -0.25) is 4.79 Å². The Kier molecular flexibility index (Phi) is 4.85. The molecule has 20 heavy (non-hydrogen) atoms. The summed E-state index contributed by atoms with van der Waals surface area (Å²) in [6.45, 7) is 6.68. The molecule has 0 aliphatic heterocycles. The summed E-state index contributed by atoms with van der Waals surface area (Å²) >= 11 is 0. The van der Waals surface area contributed by atoms with Gasteiger partial charge in [0.2, 0.25) is 0 Å². The second-order valence-corrected chi connectivity index (χ2v) is 6.70. The number of rotatable bonds is 7. The van der Waals surface area contributed by atoms with Crippen LogP contribution >= 0.6 is 0 Å². The first-order valence-corrected chi connectivity index (χ1v) is 7.72. The van der Waals surface area contributed by atoms with Gasteiger partial charge in [-0.05, 0) is 49.0 Å². The molecule has 1 fully saturated rings. The van der Waals surface area contributed by atoms with Gasteiger partial charge in [0.05, 0.1) is 13.0 Å². The van der Waals surface area contributed by atoms with Crippen LogP contribution in [0.15, 0.2) is 30.3 Å². The molecule has 0 spiro atoms. The minimum atomic E-state index is -0.0621. The topological polar surface area (TPSA) is 26.3 Å². The molecular weight excluding hydrogens is 248 g/mol. The SMILES string of the molecule is CCOC(=O)CC(C)(C)CC[C@@H]1C[C@@H]1c1ccccc1. The van der Waals surface area contributed by atoms with Crippen molar-refractivity contribution in [3.8, 4) is 0 Å². The van der Waals surface area contributed by atoms with Crippen molar-refractivity contribution in [2.75, 3.05) is 6.61 Å². The van der Waals surface area contributed by atoms with E-state index in [0.29, 0.717) is 13.0 Å². The van der Waals surface area contributed by atoms with Crippen molar-refractivity contribution in [3.05, 3.63) is 35.9 Å². The number of esters is 1. The predicted molar refractivity (Wildman–Crippen MR) is 81.6 cm³/mol. The Morgan fingerprint density at radius 1 is 1.30 bits per heavy atom. The molecule has 2 atom stereocenters. The van der Waals surface area contributed by atoms with Crippen LogP contribution in [-0.2, 0) is 9.53 Å². The van der Waals surface area contributed by atoms with Gasteiger partial charge in [0.25, 0.3) is 0 Å². The first-order valence-electron chi connectivity index (χ1n) is 7.72. The Labute approximate surface area is 122 Å². The fraction of sp³-hybridized carbons (Fsp3) is 0.611. The first-order chi connectivity index (χ1) is 9.52. The van der Waals surface area contributed by atoms with Crippen LogP contribution < -0.4 is 0 Å². The van der Waals surface area contributed by atoms with E-state index in [4.69, 9.17) is 4.74 Å². The molecule has 0 N–H and O–H groups in total. The van der Waals surface area contributed by atoms with Gasteiger partial charge in [0.15, 0.2) is 0 Å². The average molecular weight is 274 g/mol. The molecule has 0 saturated heterocycles. The largest absolute Gasteiger partial charge is 0.466 e. The van der Waals surface area contributed by atoms with Crippen LogP contribution in [-0.4, -0.2) is 12.6 Å². The van der Waals surface area contributed by atoms with Crippen LogP contribution in [0.1, 0.15) is 57.9 Å². The summed E-state index contributed by atoms with van der Waals surface area (Å²) in [5.74, 6) is 1.49. The Bertz CT molecular complexity index is 436. The van der Waals surface area contributed by atoms with Gasteiger partial charge in [-0.25, -0.2) is 0 Å². The summed E-state index contributed by atoms with van der Waals surface area (Å²) in [7, 11) is 0. The lowest BCUT2D eigenvalue weighted by molar-refractivity contribution is -0.145. The second kappa shape index (κ2) is 6.43. The Balaban J connectivity index is 1.75. The van der Waals surface area contributed by atoms with Crippen molar-refractivity contribution >= 4 is 5.97 Å². The molecule has 0 aromatic heterocycles. The van der Waals surface area contributed by atoms with Gasteiger partial charge in [0, 0.05) is 0 Å². The molecule has 110 valence electrons. The molecule has 1 aliphatic rings. The van der Waals surface area contributed by atoms with E-state index < -0.39 is 0 Å². The highest BCUT2D eigenvalue weighted by Crippen LogP contribution is 2.51. The molecular formula is C18H26O2. The molecule has 0 heterocycles. The summed E-state index contributed by atoms with van der Waals surface area (Å²) in [5.41, 5.74) is 1.52. The number of hydrogen-bond donors (Lipinski definition) is 0. The standard InChI is InChI=1S/C18H26O2/c1-4-20-17(19)13-18(2,3)11-10-15-12-16(15)14-8-6-5-7-9-14/h5-9,15-16H,4,10-13H2,1-3H3/t15-,16-/m1/s1. The zero-order valence-corrected chi connectivity index (χ0v) is 12.9. The normalized spacial score (nSPS) is 21.6. The molecule has 0 radical (unpaired) electrons. The van der Waals surface area contributed by atoms with Crippen molar-refractivity contribution in [2.45, 2.75) is 52.4 Å². The van der Waals surface area contributed by atoms with Gasteiger partial charge in [-0.2, -0.15) is 0 Å². The summed E-state index contributed by atoms with van der Waals surface area (Å²) in [5, 5.41) is 0. The van der Waals surface area contributed by atoms with Gasteiger partial charge >= 0.3 is 5.97 Å².